The van der Waals surface area contributed by atoms with Crippen molar-refractivity contribution in [3.05, 3.63) is 6.39 Å². The Morgan fingerprint density at radius 2 is 2.06 bits per heavy atom. The molecule has 0 saturated carbocycles. The Balaban J connectivity index is 0.000000225. The van der Waals surface area contributed by atoms with Gasteiger partial charge in [-0.1, -0.05) is 5.10 Å². The van der Waals surface area contributed by atoms with Crippen molar-refractivity contribution in [2.45, 2.75) is 39.2 Å². The molecule has 1 amide bonds. The van der Waals surface area contributed by atoms with E-state index in [0.29, 0.717) is 0 Å². The lowest BCUT2D eigenvalue weighted by Gasteiger charge is -2.23. The zero-order valence-corrected chi connectivity index (χ0v) is 11.0. The number of rotatable bonds is 0. The molecule has 2 N–H and O–H groups in total. The highest BCUT2D eigenvalue weighted by Gasteiger charge is 2.23. The summed E-state index contributed by atoms with van der Waals surface area (Å²) in [4.78, 5) is 13.1. The minimum atomic E-state index is -0.361. The number of nitrogen functional groups attached to an aromatic ring is 1. The Morgan fingerprint density at radius 1 is 1.44 bits per heavy atom. The van der Waals surface area contributed by atoms with E-state index in [-0.39, 0.29) is 17.7 Å². The molecule has 1 aromatic heterocycles. The summed E-state index contributed by atoms with van der Waals surface area (Å²) in [6.45, 7) is 7.38. The third-order valence-corrected chi connectivity index (χ3v) is 2.13. The van der Waals surface area contributed by atoms with Crippen molar-refractivity contribution >= 4 is 12.1 Å². The molecule has 1 aliphatic rings. The van der Waals surface area contributed by atoms with Crippen molar-refractivity contribution in [1.82, 2.24) is 15.1 Å². The van der Waals surface area contributed by atoms with Gasteiger partial charge in [0.05, 0.1) is 0 Å². The monoisotopic (exact) mass is 256 g/mol. The molecule has 0 aliphatic carbocycles. The average Bonchev–Trinajstić information content (AvgIpc) is 2.86. The van der Waals surface area contributed by atoms with Crippen LogP contribution in [0.1, 0.15) is 33.6 Å². The molecule has 0 unspecified atom stereocenters. The van der Waals surface area contributed by atoms with Gasteiger partial charge in [0, 0.05) is 13.1 Å². The van der Waals surface area contributed by atoms with Crippen LogP contribution in [0.15, 0.2) is 10.8 Å². The molecule has 0 aromatic carbocycles. The molecular formula is C11H20N4O3. The normalized spacial score (nSPS) is 14.9. The summed E-state index contributed by atoms with van der Waals surface area (Å²) in [5, 5.41) is 6.56. The van der Waals surface area contributed by atoms with E-state index >= 15 is 0 Å². The van der Waals surface area contributed by atoms with Gasteiger partial charge in [-0.15, -0.1) is 5.10 Å². The number of ether oxygens (including phenoxy) is 1. The standard InChI is InChI=1S/C9H17NO2.C2H3N3O/c1-9(2,3)12-8(11)10-6-4-5-7-10;3-2-5-4-1-6-2/h4-7H2,1-3H3;1H,(H2,3,5). The number of carbonyl (C=O) groups is 1. The van der Waals surface area contributed by atoms with Crippen molar-refractivity contribution < 1.29 is 13.9 Å². The number of carbonyl (C=O) groups excluding carboxylic acids is 1. The van der Waals surface area contributed by atoms with E-state index in [1.54, 1.807) is 4.90 Å². The topological polar surface area (TPSA) is 94.5 Å². The van der Waals surface area contributed by atoms with Crippen LogP contribution in [-0.4, -0.2) is 39.9 Å². The van der Waals surface area contributed by atoms with Crippen molar-refractivity contribution in [1.29, 1.82) is 0 Å². The van der Waals surface area contributed by atoms with Crippen LogP contribution in [0.4, 0.5) is 10.8 Å². The zero-order valence-electron chi connectivity index (χ0n) is 11.0. The van der Waals surface area contributed by atoms with Crippen LogP contribution in [0.2, 0.25) is 0 Å². The largest absolute Gasteiger partial charge is 0.444 e. The summed E-state index contributed by atoms with van der Waals surface area (Å²) in [5.41, 5.74) is 4.58. The number of hydrogen-bond donors (Lipinski definition) is 1. The molecule has 7 nitrogen and oxygen atoms in total. The van der Waals surface area contributed by atoms with E-state index in [1.165, 1.54) is 6.39 Å². The first-order valence-corrected chi connectivity index (χ1v) is 5.88. The van der Waals surface area contributed by atoms with Gasteiger partial charge in [0.15, 0.2) is 0 Å². The minimum absolute atomic E-state index is 0.106. The lowest BCUT2D eigenvalue weighted by Crippen LogP contribution is -2.34. The molecule has 1 aromatic rings. The molecule has 1 saturated heterocycles. The Morgan fingerprint density at radius 3 is 2.39 bits per heavy atom. The summed E-state index contributed by atoms with van der Waals surface area (Å²) in [7, 11) is 0. The second-order valence-electron chi connectivity index (χ2n) is 4.95. The number of amides is 1. The fourth-order valence-electron chi connectivity index (χ4n) is 1.41. The highest BCUT2D eigenvalue weighted by atomic mass is 16.6. The summed E-state index contributed by atoms with van der Waals surface area (Å²) in [5.74, 6) is 0. The summed E-state index contributed by atoms with van der Waals surface area (Å²) >= 11 is 0. The predicted octanol–water partition coefficient (Wildman–Crippen LogP) is 1.67. The van der Waals surface area contributed by atoms with Crippen LogP contribution in [0.5, 0.6) is 0 Å². The molecule has 0 spiro atoms. The van der Waals surface area contributed by atoms with Crippen molar-refractivity contribution in [3.63, 3.8) is 0 Å². The Bertz CT molecular complexity index is 353. The summed E-state index contributed by atoms with van der Waals surface area (Å²) < 4.78 is 9.60. The Kier molecular flexibility index (Phi) is 4.94. The number of likely N-dealkylation sites (tertiary alicyclic amines) is 1. The van der Waals surface area contributed by atoms with Crippen molar-refractivity contribution in [2.75, 3.05) is 18.8 Å². The van der Waals surface area contributed by atoms with Crippen LogP contribution >= 0.6 is 0 Å². The highest BCUT2D eigenvalue weighted by molar-refractivity contribution is 5.68. The average molecular weight is 256 g/mol. The SMILES string of the molecule is CC(C)(C)OC(=O)N1CCCC1.Nc1nnco1. The van der Waals surface area contributed by atoms with E-state index in [1.807, 2.05) is 20.8 Å². The van der Waals surface area contributed by atoms with E-state index in [0.717, 1.165) is 25.9 Å². The molecule has 18 heavy (non-hydrogen) atoms. The molecule has 102 valence electrons. The lowest BCUT2D eigenvalue weighted by atomic mass is 10.2. The quantitative estimate of drug-likeness (QED) is 0.758. The van der Waals surface area contributed by atoms with Gasteiger partial charge >= 0.3 is 12.1 Å². The van der Waals surface area contributed by atoms with Gasteiger partial charge in [-0.05, 0) is 33.6 Å². The third kappa shape index (κ3) is 5.51. The van der Waals surface area contributed by atoms with Gasteiger partial charge in [-0.3, -0.25) is 0 Å². The summed E-state index contributed by atoms with van der Waals surface area (Å²) in [6, 6.07) is 0.106. The first-order chi connectivity index (χ1) is 8.38. The Labute approximate surface area is 106 Å². The van der Waals surface area contributed by atoms with Crippen LogP contribution in [-0.2, 0) is 4.74 Å². The van der Waals surface area contributed by atoms with Crippen LogP contribution in [0.25, 0.3) is 0 Å². The van der Waals surface area contributed by atoms with E-state index in [4.69, 9.17) is 10.5 Å². The van der Waals surface area contributed by atoms with Gasteiger partial charge in [-0.25, -0.2) is 4.79 Å². The van der Waals surface area contributed by atoms with Gasteiger partial charge in [-0.2, -0.15) is 0 Å². The van der Waals surface area contributed by atoms with Crippen molar-refractivity contribution in [3.8, 4) is 0 Å². The van der Waals surface area contributed by atoms with Gasteiger partial charge in [0.25, 0.3) is 0 Å². The van der Waals surface area contributed by atoms with Gasteiger partial charge in [0.1, 0.15) is 5.60 Å². The number of anilines is 1. The predicted molar refractivity (Wildman–Crippen MR) is 65.8 cm³/mol. The molecule has 7 heteroatoms. The fourth-order valence-corrected chi connectivity index (χ4v) is 1.41. The molecular weight excluding hydrogens is 236 g/mol. The Hall–Kier alpha value is -1.79. The highest BCUT2D eigenvalue weighted by Crippen LogP contribution is 2.14. The second kappa shape index (κ2) is 6.23. The van der Waals surface area contributed by atoms with Crippen LogP contribution in [0.3, 0.4) is 0 Å². The molecule has 0 atom stereocenters. The first kappa shape index (κ1) is 14.3. The van der Waals surface area contributed by atoms with Crippen LogP contribution in [0, 0.1) is 0 Å². The maximum Gasteiger partial charge on any atom is 0.410 e. The minimum Gasteiger partial charge on any atom is -0.444 e. The van der Waals surface area contributed by atoms with Crippen LogP contribution < -0.4 is 5.73 Å². The van der Waals surface area contributed by atoms with Crippen molar-refractivity contribution in [2.24, 2.45) is 0 Å². The number of nitrogens with two attached hydrogens (primary N) is 1. The molecule has 0 radical (unpaired) electrons. The number of aromatic nitrogens is 2. The molecule has 1 fully saturated rings. The molecule has 0 bridgehead atoms. The molecule has 2 heterocycles. The smallest absolute Gasteiger partial charge is 0.410 e. The third-order valence-electron chi connectivity index (χ3n) is 2.13. The lowest BCUT2D eigenvalue weighted by molar-refractivity contribution is 0.0295. The molecule has 1 aliphatic heterocycles. The number of hydrogen-bond acceptors (Lipinski definition) is 6. The van der Waals surface area contributed by atoms with E-state index < -0.39 is 0 Å². The van der Waals surface area contributed by atoms with E-state index in [2.05, 4.69) is 14.6 Å². The zero-order chi connectivity index (χ0) is 13.6. The summed E-state index contributed by atoms with van der Waals surface area (Å²) in [6.07, 6.45) is 3.23. The van der Waals surface area contributed by atoms with E-state index in [9.17, 15) is 4.79 Å². The second-order valence-corrected chi connectivity index (χ2v) is 4.95. The van der Waals surface area contributed by atoms with Gasteiger partial charge in [0.2, 0.25) is 6.39 Å². The first-order valence-electron chi connectivity index (χ1n) is 5.88. The molecule has 2 rings (SSSR count). The number of nitrogens with zero attached hydrogens (tertiary/aromatic N) is 3. The maximum atomic E-state index is 11.4. The fraction of sp³-hybridized carbons (Fsp3) is 0.727. The maximum absolute atomic E-state index is 11.4. The van der Waals surface area contributed by atoms with Gasteiger partial charge < -0.3 is 19.8 Å².